The Balaban J connectivity index is 1.67. The van der Waals surface area contributed by atoms with E-state index in [1.54, 1.807) is 4.90 Å². The Bertz CT molecular complexity index is 442. The molecule has 9 heteroatoms. The van der Waals surface area contributed by atoms with Gasteiger partial charge in [0, 0.05) is 32.7 Å². The molecule has 1 aromatic heterocycles. The molecule has 2 rings (SSSR count). The van der Waals surface area contributed by atoms with Gasteiger partial charge in [0.2, 0.25) is 6.39 Å². The van der Waals surface area contributed by atoms with Crippen molar-refractivity contribution in [2.75, 3.05) is 32.7 Å². The van der Waals surface area contributed by atoms with Crippen molar-refractivity contribution in [2.45, 2.75) is 13.0 Å². The lowest BCUT2D eigenvalue weighted by molar-refractivity contribution is -0.137. The van der Waals surface area contributed by atoms with Crippen LogP contribution in [-0.2, 0) is 11.3 Å². The predicted octanol–water partition coefficient (Wildman–Crippen LogP) is -0.628. The van der Waals surface area contributed by atoms with E-state index in [9.17, 15) is 9.59 Å². The van der Waals surface area contributed by atoms with E-state index in [0.29, 0.717) is 38.5 Å². The summed E-state index contributed by atoms with van der Waals surface area (Å²) in [5.74, 6) is -0.372. The topological polar surface area (TPSA) is 112 Å². The van der Waals surface area contributed by atoms with Gasteiger partial charge in [-0.1, -0.05) is 5.16 Å². The summed E-state index contributed by atoms with van der Waals surface area (Å²) in [6.07, 6.45) is 1.34. The lowest BCUT2D eigenvalue weighted by Gasteiger charge is -2.34. The summed E-state index contributed by atoms with van der Waals surface area (Å²) in [7, 11) is 0. The molecule has 0 radical (unpaired) electrons. The van der Waals surface area contributed by atoms with Gasteiger partial charge in [-0.15, -0.1) is 0 Å². The number of hydrogen-bond donors (Lipinski definition) is 2. The van der Waals surface area contributed by atoms with Crippen LogP contribution in [0.15, 0.2) is 10.9 Å². The molecule has 9 nitrogen and oxygen atoms in total. The van der Waals surface area contributed by atoms with Gasteiger partial charge in [0.15, 0.2) is 5.82 Å². The van der Waals surface area contributed by atoms with E-state index in [1.807, 2.05) is 4.90 Å². The molecule has 0 aliphatic carbocycles. The normalized spacial score (nSPS) is 16.1. The average molecular weight is 283 g/mol. The van der Waals surface area contributed by atoms with Crippen LogP contribution in [0.1, 0.15) is 12.2 Å². The molecule has 110 valence electrons. The smallest absolute Gasteiger partial charge is 0.317 e. The highest BCUT2D eigenvalue weighted by molar-refractivity contribution is 5.74. The van der Waals surface area contributed by atoms with Crippen molar-refractivity contribution in [2.24, 2.45) is 0 Å². The molecular weight excluding hydrogens is 266 g/mol. The van der Waals surface area contributed by atoms with Crippen LogP contribution in [0.5, 0.6) is 0 Å². The van der Waals surface area contributed by atoms with E-state index in [1.165, 1.54) is 6.39 Å². The lowest BCUT2D eigenvalue weighted by atomic mass is 10.3. The fourth-order valence-electron chi connectivity index (χ4n) is 1.97. The number of rotatable bonds is 5. The Labute approximate surface area is 115 Å². The van der Waals surface area contributed by atoms with Crippen molar-refractivity contribution in [3.05, 3.63) is 12.2 Å². The summed E-state index contributed by atoms with van der Waals surface area (Å²) in [5.41, 5.74) is 0. The summed E-state index contributed by atoms with van der Waals surface area (Å²) in [5, 5.41) is 14.9. The summed E-state index contributed by atoms with van der Waals surface area (Å²) in [6.45, 7) is 3.28. The van der Waals surface area contributed by atoms with Gasteiger partial charge in [-0.25, -0.2) is 4.79 Å². The van der Waals surface area contributed by atoms with Crippen molar-refractivity contribution >= 4 is 12.0 Å². The highest BCUT2D eigenvalue weighted by Gasteiger charge is 2.21. The first-order valence-corrected chi connectivity index (χ1v) is 6.37. The second-order valence-corrected chi connectivity index (χ2v) is 4.48. The number of nitrogens with one attached hydrogen (secondary N) is 1. The van der Waals surface area contributed by atoms with Crippen LogP contribution in [0.4, 0.5) is 4.79 Å². The molecule has 0 aromatic carbocycles. The van der Waals surface area contributed by atoms with Crippen LogP contribution in [0.2, 0.25) is 0 Å². The minimum atomic E-state index is -0.801. The summed E-state index contributed by atoms with van der Waals surface area (Å²) in [6, 6.07) is -0.173. The van der Waals surface area contributed by atoms with E-state index in [-0.39, 0.29) is 19.0 Å². The third-order valence-corrected chi connectivity index (χ3v) is 3.11. The third-order valence-electron chi connectivity index (χ3n) is 3.11. The maximum Gasteiger partial charge on any atom is 0.317 e. The summed E-state index contributed by atoms with van der Waals surface area (Å²) >= 11 is 0. The fraction of sp³-hybridized carbons (Fsp3) is 0.636. The molecule has 1 saturated heterocycles. The van der Waals surface area contributed by atoms with Crippen LogP contribution >= 0.6 is 0 Å². The number of aliphatic carboxylic acids is 1. The second-order valence-electron chi connectivity index (χ2n) is 4.48. The molecule has 1 aliphatic rings. The van der Waals surface area contributed by atoms with E-state index in [0.717, 1.165) is 0 Å². The highest BCUT2D eigenvalue weighted by Crippen LogP contribution is 2.03. The van der Waals surface area contributed by atoms with Gasteiger partial charge in [-0.3, -0.25) is 9.69 Å². The molecular formula is C11H17N5O4. The SMILES string of the molecule is O=C(O)CCN1CCN(C(=O)NCc2ncon2)CC1. The number of carbonyl (C=O) groups is 2. The molecule has 1 fully saturated rings. The first-order valence-electron chi connectivity index (χ1n) is 6.37. The zero-order chi connectivity index (χ0) is 14.4. The number of urea groups is 1. The van der Waals surface area contributed by atoms with E-state index in [2.05, 4.69) is 20.0 Å². The monoisotopic (exact) mass is 283 g/mol. The van der Waals surface area contributed by atoms with E-state index < -0.39 is 5.97 Å². The Morgan fingerprint density at radius 1 is 1.35 bits per heavy atom. The van der Waals surface area contributed by atoms with Gasteiger partial charge in [-0.05, 0) is 0 Å². The van der Waals surface area contributed by atoms with E-state index in [4.69, 9.17) is 5.11 Å². The van der Waals surface area contributed by atoms with Crippen LogP contribution in [-0.4, -0.2) is 69.8 Å². The number of aromatic nitrogens is 2. The van der Waals surface area contributed by atoms with Crippen molar-refractivity contribution in [3.63, 3.8) is 0 Å². The fourth-order valence-corrected chi connectivity index (χ4v) is 1.97. The number of hydrogen-bond acceptors (Lipinski definition) is 6. The number of amides is 2. The van der Waals surface area contributed by atoms with Gasteiger partial charge in [0.1, 0.15) is 0 Å². The minimum absolute atomic E-state index is 0.129. The molecule has 0 spiro atoms. The summed E-state index contributed by atoms with van der Waals surface area (Å²) < 4.78 is 4.57. The van der Waals surface area contributed by atoms with Crippen molar-refractivity contribution < 1.29 is 19.2 Å². The maximum absolute atomic E-state index is 11.9. The Morgan fingerprint density at radius 2 is 2.10 bits per heavy atom. The Hall–Kier alpha value is -2.16. The predicted molar refractivity (Wildman–Crippen MR) is 66.8 cm³/mol. The molecule has 2 heterocycles. The number of carboxylic acids is 1. The second kappa shape index (κ2) is 6.85. The standard InChI is InChI=1S/C11H17N5O4/c17-10(18)1-2-15-3-5-16(6-4-15)11(19)12-7-9-13-8-20-14-9/h8H,1-7H2,(H,12,19)(H,17,18). The molecule has 1 aromatic rings. The zero-order valence-corrected chi connectivity index (χ0v) is 11.0. The van der Waals surface area contributed by atoms with Crippen molar-refractivity contribution in [1.82, 2.24) is 25.3 Å². The molecule has 1 aliphatic heterocycles. The first-order chi connectivity index (χ1) is 9.65. The van der Waals surface area contributed by atoms with Gasteiger partial charge < -0.3 is 19.8 Å². The van der Waals surface area contributed by atoms with Gasteiger partial charge in [-0.2, -0.15) is 4.98 Å². The number of piperazine rings is 1. The number of nitrogens with zero attached hydrogens (tertiary/aromatic N) is 4. The highest BCUT2D eigenvalue weighted by atomic mass is 16.5. The minimum Gasteiger partial charge on any atom is -0.481 e. The Kier molecular flexibility index (Phi) is 4.88. The average Bonchev–Trinajstić information content (AvgIpc) is 2.96. The molecule has 0 atom stereocenters. The van der Waals surface area contributed by atoms with Crippen molar-refractivity contribution in [3.8, 4) is 0 Å². The molecule has 2 amide bonds. The molecule has 0 unspecified atom stereocenters. The Morgan fingerprint density at radius 3 is 2.70 bits per heavy atom. The van der Waals surface area contributed by atoms with Gasteiger partial charge >= 0.3 is 12.0 Å². The molecule has 20 heavy (non-hydrogen) atoms. The van der Waals surface area contributed by atoms with Crippen LogP contribution in [0, 0.1) is 0 Å². The third kappa shape index (κ3) is 4.19. The summed E-state index contributed by atoms with van der Waals surface area (Å²) in [4.78, 5) is 29.9. The number of carboxylic acid groups (broad SMARTS) is 1. The van der Waals surface area contributed by atoms with Crippen LogP contribution in [0.3, 0.4) is 0 Å². The molecule has 2 N–H and O–H groups in total. The first kappa shape index (κ1) is 14.3. The van der Waals surface area contributed by atoms with Crippen LogP contribution < -0.4 is 5.32 Å². The molecule has 0 bridgehead atoms. The van der Waals surface area contributed by atoms with Crippen molar-refractivity contribution in [1.29, 1.82) is 0 Å². The lowest BCUT2D eigenvalue weighted by Crippen LogP contribution is -2.51. The van der Waals surface area contributed by atoms with Gasteiger partial charge in [0.25, 0.3) is 0 Å². The van der Waals surface area contributed by atoms with E-state index >= 15 is 0 Å². The largest absolute Gasteiger partial charge is 0.481 e. The molecule has 0 saturated carbocycles. The maximum atomic E-state index is 11.9. The zero-order valence-electron chi connectivity index (χ0n) is 11.0. The van der Waals surface area contributed by atoms with Crippen LogP contribution in [0.25, 0.3) is 0 Å². The number of carbonyl (C=O) groups excluding carboxylic acids is 1. The quantitative estimate of drug-likeness (QED) is 0.740. The van der Waals surface area contributed by atoms with Gasteiger partial charge in [0.05, 0.1) is 13.0 Å².